The van der Waals surface area contributed by atoms with E-state index in [1.54, 1.807) is 14.2 Å². The number of hydrogen-bond donors (Lipinski definition) is 1. The predicted octanol–water partition coefficient (Wildman–Crippen LogP) is 7.58. The molecular formula is C34H46N2O5. The molecule has 2 aromatic carbocycles. The van der Waals surface area contributed by atoms with Crippen LogP contribution in [0.25, 0.3) is 22.2 Å². The van der Waals surface area contributed by atoms with Crippen LogP contribution in [0.1, 0.15) is 96.1 Å². The number of carbonyl (C=O) groups excluding carboxylic acids is 2. The molecule has 41 heavy (non-hydrogen) atoms. The number of benzene rings is 2. The number of methoxy groups -OCH3 is 2. The Morgan fingerprint density at radius 3 is 2.27 bits per heavy atom. The Hall–Kier alpha value is -3.48. The third-order valence-electron chi connectivity index (χ3n) is 7.87. The van der Waals surface area contributed by atoms with Crippen molar-refractivity contribution in [1.29, 1.82) is 0 Å². The van der Waals surface area contributed by atoms with Gasteiger partial charge in [0, 0.05) is 42.4 Å². The molecule has 1 aromatic heterocycles. The average molecular weight is 563 g/mol. The highest BCUT2D eigenvalue weighted by Crippen LogP contribution is 2.40. The van der Waals surface area contributed by atoms with Crippen LogP contribution in [0.4, 0.5) is 0 Å². The van der Waals surface area contributed by atoms with Crippen LogP contribution in [0.5, 0.6) is 11.5 Å². The lowest BCUT2D eigenvalue weighted by Crippen LogP contribution is -2.37. The molecule has 7 nitrogen and oxygen atoms in total. The molecule has 7 heteroatoms. The Kier molecular flexibility index (Phi) is 9.67. The number of carbonyl (C=O) groups is 2. The van der Waals surface area contributed by atoms with Crippen molar-refractivity contribution in [2.24, 2.45) is 0 Å². The van der Waals surface area contributed by atoms with Gasteiger partial charge in [-0.25, -0.2) is 0 Å². The summed E-state index contributed by atoms with van der Waals surface area (Å²) in [6, 6.07) is 12.8. The highest BCUT2D eigenvalue weighted by atomic mass is 16.6. The summed E-state index contributed by atoms with van der Waals surface area (Å²) >= 11 is 0. The number of rotatable bonds is 10. The van der Waals surface area contributed by atoms with E-state index in [-0.39, 0.29) is 11.9 Å². The lowest BCUT2D eigenvalue weighted by Gasteiger charge is -2.32. The monoisotopic (exact) mass is 562 g/mol. The van der Waals surface area contributed by atoms with Crippen molar-refractivity contribution in [3.8, 4) is 22.8 Å². The van der Waals surface area contributed by atoms with Gasteiger partial charge in [-0.3, -0.25) is 9.59 Å². The third-order valence-corrected chi connectivity index (χ3v) is 7.87. The lowest BCUT2D eigenvalue weighted by atomic mass is 9.87. The molecular weight excluding hydrogens is 516 g/mol. The van der Waals surface area contributed by atoms with Crippen LogP contribution in [-0.2, 0) is 14.3 Å². The molecule has 222 valence electrons. The summed E-state index contributed by atoms with van der Waals surface area (Å²) in [5.41, 5.74) is 5.48. The zero-order chi connectivity index (χ0) is 29.7. The van der Waals surface area contributed by atoms with Gasteiger partial charge in [-0.2, -0.15) is 0 Å². The van der Waals surface area contributed by atoms with E-state index in [9.17, 15) is 9.59 Å². The minimum absolute atomic E-state index is 0.190. The van der Waals surface area contributed by atoms with Crippen molar-refractivity contribution < 1.29 is 23.8 Å². The molecule has 0 spiro atoms. The van der Waals surface area contributed by atoms with Crippen LogP contribution in [-0.4, -0.2) is 54.7 Å². The number of aromatic amines is 1. The topological polar surface area (TPSA) is 80.9 Å². The van der Waals surface area contributed by atoms with Gasteiger partial charge >= 0.3 is 5.97 Å². The summed E-state index contributed by atoms with van der Waals surface area (Å²) < 4.78 is 16.4. The molecule has 1 N–H and O–H groups in total. The first kappa shape index (κ1) is 30.5. The maximum atomic E-state index is 12.8. The summed E-state index contributed by atoms with van der Waals surface area (Å²) in [7, 11) is 3.31. The molecule has 1 amide bonds. The fourth-order valence-corrected chi connectivity index (χ4v) is 5.86. The van der Waals surface area contributed by atoms with Crippen molar-refractivity contribution in [1.82, 2.24) is 9.88 Å². The summed E-state index contributed by atoms with van der Waals surface area (Å²) in [6.45, 7) is 11.6. The van der Waals surface area contributed by atoms with Crippen molar-refractivity contribution in [2.45, 2.75) is 90.6 Å². The van der Waals surface area contributed by atoms with Crippen LogP contribution in [0, 0.1) is 0 Å². The number of unbranched alkanes of at least 4 members (excludes halogenated alkanes) is 1. The molecule has 0 bridgehead atoms. The molecule has 4 rings (SSSR count). The number of esters is 1. The number of aromatic nitrogens is 1. The fourth-order valence-electron chi connectivity index (χ4n) is 5.86. The number of nitrogens with zero attached hydrogens (tertiary/aromatic N) is 1. The Balaban J connectivity index is 1.40. The maximum absolute atomic E-state index is 12.8. The summed E-state index contributed by atoms with van der Waals surface area (Å²) in [6.07, 6.45) is 4.15. The minimum Gasteiger partial charge on any atom is -0.493 e. The van der Waals surface area contributed by atoms with Crippen LogP contribution >= 0.6 is 0 Å². The number of H-pyrrole nitrogens is 1. The van der Waals surface area contributed by atoms with E-state index in [1.807, 2.05) is 37.8 Å². The SMILES string of the molecule is COc1ccc(-c2[nH]c3ccc(C4CCN(C(=O)CCCCC(=O)OC(C)(C)C)CC4)cc3c2C(C)C)cc1OC. The first-order chi connectivity index (χ1) is 19.5. The Morgan fingerprint density at radius 2 is 1.63 bits per heavy atom. The zero-order valence-electron chi connectivity index (χ0n) is 25.8. The van der Waals surface area contributed by atoms with Crippen LogP contribution in [0.3, 0.4) is 0 Å². The quantitative estimate of drug-likeness (QED) is 0.203. The number of nitrogens with one attached hydrogen (secondary N) is 1. The molecule has 3 aromatic rings. The molecule has 0 unspecified atom stereocenters. The maximum Gasteiger partial charge on any atom is 0.306 e. The van der Waals surface area contributed by atoms with E-state index in [0.29, 0.717) is 49.0 Å². The predicted molar refractivity (Wildman–Crippen MR) is 164 cm³/mol. The third kappa shape index (κ3) is 7.43. The highest BCUT2D eigenvalue weighted by molar-refractivity contribution is 5.92. The fraction of sp³-hybridized carbons (Fsp3) is 0.529. The van der Waals surface area contributed by atoms with Crippen LogP contribution in [0.15, 0.2) is 36.4 Å². The molecule has 0 radical (unpaired) electrons. The summed E-state index contributed by atoms with van der Waals surface area (Å²) in [4.78, 5) is 30.4. The molecule has 0 atom stereocenters. The number of likely N-dealkylation sites (tertiary alicyclic amines) is 1. The molecule has 0 saturated carbocycles. The van der Waals surface area contributed by atoms with Crippen LogP contribution in [0.2, 0.25) is 0 Å². The second-order valence-corrected chi connectivity index (χ2v) is 12.4. The van der Waals surface area contributed by atoms with Crippen molar-refractivity contribution >= 4 is 22.8 Å². The first-order valence-electron chi connectivity index (χ1n) is 14.9. The van der Waals surface area contributed by atoms with Gasteiger partial charge in [0.05, 0.1) is 19.9 Å². The largest absolute Gasteiger partial charge is 0.493 e. The average Bonchev–Trinajstić information content (AvgIpc) is 3.33. The van der Waals surface area contributed by atoms with E-state index in [2.05, 4.69) is 43.1 Å². The summed E-state index contributed by atoms with van der Waals surface area (Å²) in [5.74, 6) is 2.18. The lowest BCUT2D eigenvalue weighted by molar-refractivity contribution is -0.155. The molecule has 1 aliphatic heterocycles. The zero-order valence-corrected chi connectivity index (χ0v) is 25.8. The van der Waals surface area contributed by atoms with Gasteiger partial charge in [-0.1, -0.05) is 19.9 Å². The molecule has 1 saturated heterocycles. The summed E-state index contributed by atoms with van der Waals surface area (Å²) in [5, 5.41) is 1.26. The smallest absolute Gasteiger partial charge is 0.306 e. The van der Waals surface area contributed by atoms with E-state index in [4.69, 9.17) is 14.2 Å². The second-order valence-electron chi connectivity index (χ2n) is 12.4. The standard InChI is InChI=1S/C34H46N2O5/c1-22(2)32-26-20-24(12-14-27(26)35-33(32)25-13-15-28(39-6)29(21-25)40-7)23-16-18-36(19-17-23)30(37)10-8-9-11-31(38)41-34(3,4)5/h12-15,20-23,35H,8-11,16-19H2,1-7H3. The Labute approximate surface area is 244 Å². The van der Waals surface area contributed by atoms with Gasteiger partial charge in [0.25, 0.3) is 0 Å². The van der Waals surface area contributed by atoms with Gasteiger partial charge in [0.2, 0.25) is 5.91 Å². The molecule has 1 fully saturated rings. The first-order valence-corrected chi connectivity index (χ1v) is 14.9. The van der Waals surface area contributed by atoms with Crippen molar-refractivity contribution in [2.75, 3.05) is 27.3 Å². The highest BCUT2D eigenvalue weighted by Gasteiger charge is 2.25. The molecule has 2 heterocycles. The number of hydrogen-bond acceptors (Lipinski definition) is 5. The van der Waals surface area contributed by atoms with E-state index in [1.165, 1.54) is 16.5 Å². The number of fused-ring (bicyclic) bond motifs is 1. The number of ether oxygens (including phenoxy) is 3. The van der Waals surface area contributed by atoms with E-state index in [0.717, 1.165) is 42.7 Å². The molecule has 1 aliphatic rings. The second kappa shape index (κ2) is 13.0. The van der Waals surface area contributed by atoms with Gasteiger partial charge in [-0.15, -0.1) is 0 Å². The van der Waals surface area contributed by atoms with Crippen LogP contribution < -0.4 is 9.47 Å². The minimum atomic E-state index is -0.466. The van der Waals surface area contributed by atoms with E-state index >= 15 is 0 Å². The van der Waals surface area contributed by atoms with E-state index < -0.39 is 5.60 Å². The molecule has 0 aliphatic carbocycles. The van der Waals surface area contributed by atoms with Gasteiger partial charge in [0.1, 0.15) is 5.60 Å². The normalized spacial score (nSPS) is 14.5. The van der Waals surface area contributed by atoms with Crippen molar-refractivity contribution in [3.05, 3.63) is 47.5 Å². The van der Waals surface area contributed by atoms with Gasteiger partial charge < -0.3 is 24.1 Å². The number of amides is 1. The Bertz CT molecular complexity index is 1360. The Morgan fingerprint density at radius 1 is 0.951 bits per heavy atom. The van der Waals surface area contributed by atoms with Gasteiger partial charge in [0.15, 0.2) is 11.5 Å². The number of piperidine rings is 1. The van der Waals surface area contributed by atoms with Gasteiger partial charge in [-0.05, 0) is 99.7 Å². The van der Waals surface area contributed by atoms with Crippen molar-refractivity contribution in [3.63, 3.8) is 0 Å².